The van der Waals surface area contributed by atoms with E-state index in [1.807, 2.05) is 24.3 Å². The lowest BCUT2D eigenvalue weighted by Gasteiger charge is -2.05. The van der Waals surface area contributed by atoms with E-state index in [-0.39, 0.29) is 21.6 Å². The number of anilines is 1. The summed E-state index contributed by atoms with van der Waals surface area (Å²) in [4.78, 5) is 19.9. The SMILES string of the molecule is CCS(=O)(=O)c1ncc(Cl)c(C(=O)Nc2nnc(SCc3ccc(Cl)cc3)s2)n1. The third-order valence-corrected chi connectivity index (χ3v) is 7.58. The number of nitrogens with zero attached hydrogens (tertiary/aromatic N) is 4. The maximum Gasteiger partial charge on any atom is 0.277 e. The Hall–Kier alpha value is -1.79. The average molecular weight is 490 g/mol. The molecule has 1 N–H and O–H groups in total. The molecule has 0 saturated carbocycles. The summed E-state index contributed by atoms with van der Waals surface area (Å²) in [6, 6.07) is 7.44. The quantitative estimate of drug-likeness (QED) is 0.301. The molecule has 0 aliphatic heterocycles. The summed E-state index contributed by atoms with van der Waals surface area (Å²) >= 11 is 14.5. The topological polar surface area (TPSA) is 115 Å². The van der Waals surface area contributed by atoms with Crippen LogP contribution in [-0.4, -0.2) is 40.2 Å². The minimum Gasteiger partial charge on any atom is -0.295 e. The Morgan fingerprint density at radius 3 is 2.62 bits per heavy atom. The first kappa shape index (κ1) is 21.9. The zero-order chi connectivity index (χ0) is 21.0. The highest BCUT2D eigenvalue weighted by Crippen LogP contribution is 2.29. The highest BCUT2D eigenvalue weighted by atomic mass is 35.5. The van der Waals surface area contributed by atoms with Gasteiger partial charge in [-0.1, -0.05) is 65.4 Å². The standard InChI is InChI=1S/C16H13Cl2N5O3S3/c1-2-29(25,26)15-19-7-11(18)12(20-15)13(24)21-14-22-23-16(28-14)27-8-9-3-5-10(17)6-4-9/h3-7H,2,8H2,1H3,(H,21,22,24). The largest absolute Gasteiger partial charge is 0.295 e. The molecule has 1 aromatic carbocycles. The summed E-state index contributed by atoms with van der Waals surface area (Å²) < 4.78 is 24.5. The molecule has 2 heterocycles. The molecule has 0 bridgehead atoms. The Labute approximate surface area is 185 Å². The fourth-order valence-electron chi connectivity index (χ4n) is 1.99. The molecule has 0 radical (unpaired) electrons. The normalized spacial score (nSPS) is 11.4. The second-order valence-corrected chi connectivity index (χ2v) is 10.7. The third-order valence-electron chi connectivity index (χ3n) is 3.50. The van der Waals surface area contributed by atoms with Crippen molar-refractivity contribution in [3.8, 4) is 0 Å². The molecule has 1 amide bonds. The Bertz CT molecular complexity index is 1140. The highest BCUT2D eigenvalue weighted by Gasteiger charge is 2.21. The Morgan fingerprint density at radius 1 is 1.21 bits per heavy atom. The van der Waals surface area contributed by atoms with E-state index in [1.165, 1.54) is 30.0 Å². The zero-order valence-electron chi connectivity index (χ0n) is 14.8. The lowest BCUT2D eigenvalue weighted by Crippen LogP contribution is -2.18. The van der Waals surface area contributed by atoms with Crippen molar-refractivity contribution in [2.45, 2.75) is 22.2 Å². The molecule has 0 unspecified atom stereocenters. The Balaban J connectivity index is 1.68. The molecule has 0 aliphatic carbocycles. The van der Waals surface area contributed by atoms with Crippen molar-refractivity contribution in [2.24, 2.45) is 0 Å². The van der Waals surface area contributed by atoms with Crippen molar-refractivity contribution in [1.29, 1.82) is 0 Å². The minimum absolute atomic E-state index is 0.0700. The van der Waals surface area contributed by atoms with Crippen molar-refractivity contribution >= 4 is 67.2 Å². The van der Waals surface area contributed by atoms with Gasteiger partial charge in [-0.25, -0.2) is 18.4 Å². The number of halogens is 2. The van der Waals surface area contributed by atoms with Gasteiger partial charge in [0.2, 0.25) is 20.1 Å². The van der Waals surface area contributed by atoms with Gasteiger partial charge in [0.25, 0.3) is 5.91 Å². The zero-order valence-corrected chi connectivity index (χ0v) is 18.8. The Morgan fingerprint density at radius 2 is 1.93 bits per heavy atom. The predicted molar refractivity (Wildman–Crippen MR) is 114 cm³/mol. The lowest BCUT2D eigenvalue weighted by atomic mass is 10.2. The van der Waals surface area contributed by atoms with E-state index in [2.05, 4.69) is 25.5 Å². The summed E-state index contributed by atoms with van der Waals surface area (Å²) in [7, 11) is -3.67. The molecule has 13 heteroatoms. The molecule has 0 spiro atoms. The van der Waals surface area contributed by atoms with Crippen LogP contribution < -0.4 is 5.32 Å². The van der Waals surface area contributed by atoms with Crippen molar-refractivity contribution < 1.29 is 13.2 Å². The number of aromatic nitrogens is 4. The van der Waals surface area contributed by atoms with E-state index in [0.29, 0.717) is 15.1 Å². The van der Waals surface area contributed by atoms with Crippen LogP contribution in [0.5, 0.6) is 0 Å². The van der Waals surface area contributed by atoms with Crippen LogP contribution in [0.3, 0.4) is 0 Å². The molecule has 2 aromatic heterocycles. The van der Waals surface area contributed by atoms with E-state index in [1.54, 1.807) is 0 Å². The van der Waals surface area contributed by atoms with E-state index >= 15 is 0 Å². The van der Waals surface area contributed by atoms with Crippen LogP contribution in [0.1, 0.15) is 23.0 Å². The summed E-state index contributed by atoms with van der Waals surface area (Å²) in [5.41, 5.74) is 0.817. The van der Waals surface area contributed by atoms with Gasteiger partial charge in [-0.15, -0.1) is 10.2 Å². The number of hydrogen-bond donors (Lipinski definition) is 1. The summed E-state index contributed by atoms with van der Waals surface area (Å²) in [5, 5.41) is 10.8. The summed E-state index contributed by atoms with van der Waals surface area (Å²) in [6.45, 7) is 1.46. The Kier molecular flexibility index (Phi) is 7.06. The van der Waals surface area contributed by atoms with Crippen LogP contribution in [0, 0.1) is 0 Å². The third kappa shape index (κ3) is 5.64. The van der Waals surface area contributed by atoms with Crippen molar-refractivity contribution in [2.75, 3.05) is 11.1 Å². The highest BCUT2D eigenvalue weighted by molar-refractivity contribution is 8.00. The summed E-state index contributed by atoms with van der Waals surface area (Å²) in [5.74, 6) is -0.230. The second-order valence-electron chi connectivity index (χ2n) is 5.49. The van der Waals surface area contributed by atoms with Crippen LogP contribution in [0.25, 0.3) is 0 Å². The van der Waals surface area contributed by atoms with Crippen LogP contribution in [-0.2, 0) is 15.6 Å². The molecular weight excluding hydrogens is 477 g/mol. The van der Waals surface area contributed by atoms with Gasteiger partial charge in [0, 0.05) is 10.8 Å². The fourth-order valence-corrected chi connectivity index (χ4v) is 4.70. The molecule has 0 saturated heterocycles. The van der Waals surface area contributed by atoms with Gasteiger partial charge in [-0.3, -0.25) is 10.1 Å². The van der Waals surface area contributed by atoms with Crippen LogP contribution in [0.2, 0.25) is 10.0 Å². The second kappa shape index (κ2) is 9.35. The minimum atomic E-state index is -3.67. The average Bonchev–Trinajstić information content (AvgIpc) is 3.15. The number of thioether (sulfide) groups is 1. The molecular formula is C16H13Cl2N5O3S3. The van der Waals surface area contributed by atoms with Gasteiger partial charge in [0.05, 0.1) is 17.0 Å². The van der Waals surface area contributed by atoms with Gasteiger partial charge in [0.1, 0.15) is 0 Å². The van der Waals surface area contributed by atoms with E-state index in [4.69, 9.17) is 23.2 Å². The molecule has 8 nitrogen and oxygen atoms in total. The molecule has 0 atom stereocenters. The molecule has 3 rings (SSSR count). The maximum absolute atomic E-state index is 12.5. The predicted octanol–water partition coefficient (Wildman–Crippen LogP) is 3.97. The number of nitrogens with one attached hydrogen (secondary N) is 1. The van der Waals surface area contributed by atoms with E-state index < -0.39 is 20.9 Å². The maximum atomic E-state index is 12.5. The number of benzene rings is 1. The monoisotopic (exact) mass is 489 g/mol. The van der Waals surface area contributed by atoms with Gasteiger partial charge >= 0.3 is 0 Å². The number of carbonyl (C=O) groups excluding carboxylic acids is 1. The van der Waals surface area contributed by atoms with E-state index in [0.717, 1.165) is 11.8 Å². The number of sulfone groups is 1. The molecule has 29 heavy (non-hydrogen) atoms. The molecule has 0 aliphatic rings. The fraction of sp³-hybridized carbons (Fsp3) is 0.188. The van der Waals surface area contributed by atoms with Crippen molar-refractivity contribution in [3.05, 3.63) is 51.8 Å². The number of amides is 1. The first-order chi connectivity index (χ1) is 13.8. The van der Waals surface area contributed by atoms with Crippen LogP contribution in [0.4, 0.5) is 5.13 Å². The smallest absolute Gasteiger partial charge is 0.277 e. The number of hydrogen-bond acceptors (Lipinski definition) is 9. The van der Waals surface area contributed by atoms with Crippen LogP contribution in [0.15, 0.2) is 40.0 Å². The number of carbonyl (C=O) groups is 1. The van der Waals surface area contributed by atoms with Crippen LogP contribution >= 0.6 is 46.3 Å². The molecule has 152 valence electrons. The summed E-state index contributed by atoms with van der Waals surface area (Å²) in [6.07, 6.45) is 1.08. The van der Waals surface area contributed by atoms with E-state index in [9.17, 15) is 13.2 Å². The lowest BCUT2D eigenvalue weighted by molar-refractivity contribution is 0.102. The van der Waals surface area contributed by atoms with Crippen molar-refractivity contribution in [1.82, 2.24) is 20.2 Å². The van der Waals surface area contributed by atoms with Gasteiger partial charge in [0.15, 0.2) is 10.0 Å². The first-order valence-corrected chi connectivity index (χ1v) is 12.3. The molecule has 3 aromatic rings. The number of rotatable bonds is 7. The molecule has 0 fully saturated rings. The van der Waals surface area contributed by atoms with Crippen molar-refractivity contribution in [3.63, 3.8) is 0 Å². The van der Waals surface area contributed by atoms with Gasteiger partial charge in [-0.2, -0.15) is 0 Å². The van der Waals surface area contributed by atoms with Gasteiger partial charge in [-0.05, 0) is 17.7 Å². The van der Waals surface area contributed by atoms with Gasteiger partial charge < -0.3 is 0 Å². The first-order valence-electron chi connectivity index (χ1n) is 8.06.